The standard InChI is InChI=1S/C16H15N3/c17-16-18-10-11-19(16)12-13-6-8-15(9-7-13)14-4-2-1-3-5-14/h1-11H,12H2,(H2,17,18). The highest BCUT2D eigenvalue weighted by molar-refractivity contribution is 5.63. The molecule has 0 unspecified atom stereocenters. The maximum Gasteiger partial charge on any atom is 0.200 e. The van der Waals surface area contributed by atoms with Crippen LogP contribution in [0.4, 0.5) is 5.95 Å². The van der Waals surface area contributed by atoms with Crippen molar-refractivity contribution in [3.63, 3.8) is 0 Å². The van der Waals surface area contributed by atoms with Gasteiger partial charge in [0.15, 0.2) is 5.95 Å². The van der Waals surface area contributed by atoms with Crippen LogP contribution >= 0.6 is 0 Å². The van der Waals surface area contributed by atoms with Gasteiger partial charge in [-0.3, -0.25) is 0 Å². The van der Waals surface area contributed by atoms with Gasteiger partial charge in [0.1, 0.15) is 0 Å². The van der Waals surface area contributed by atoms with Crippen molar-refractivity contribution in [1.29, 1.82) is 0 Å². The normalized spacial score (nSPS) is 10.5. The molecule has 0 aliphatic heterocycles. The number of nitrogens with two attached hydrogens (primary N) is 1. The molecule has 2 N–H and O–H groups in total. The van der Waals surface area contributed by atoms with E-state index in [0.717, 1.165) is 6.54 Å². The zero-order chi connectivity index (χ0) is 13.1. The SMILES string of the molecule is Nc1nccn1Cc1ccc(-c2ccccc2)cc1. The fourth-order valence-electron chi connectivity index (χ4n) is 2.10. The van der Waals surface area contributed by atoms with E-state index in [0.29, 0.717) is 5.95 Å². The lowest BCUT2D eigenvalue weighted by Gasteiger charge is -2.06. The average Bonchev–Trinajstić information content (AvgIpc) is 2.86. The van der Waals surface area contributed by atoms with Crippen LogP contribution in [-0.4, -0.2) is 9.55 Å². The zero-order valence-corrected chi connectivity index (χ0v) is 10.5. The van der Waals surface area contributed by atoms with Crippen LogP contribution in [0.5, 0.6) is 0 Å². The van der Waals surface area contributed by atoms with Crippen LogP contribution in [-0.2, 0) is 6.54 Å². The minimum absolute atomic E-state index is 0.548. The van der Waals surface area contributed by atoms with E-state index in [-0.39, 0.29) is 0 Å². The quantitative estimate of drug-likeness (QED) is 0.774. The van der Waals surface area contributed by atoms with Gasteiger partial charge in [-0.25, -0.2) is 4.98 Å². The first kappa shape index (κ1) is 11.5. The fraction of sp³-hybridized carbons (Fsp3) is 0.0625. The van der Waals surface area contributed by atoms with E-state index < -0.39 is 0 Å². The molecule has 0 atom stereocenters. The van der Waals surface area contributed by atoms with Crippen LogP contribution in [0.2, 0.25) is 0 Å². The number of nitrogens with zero attached hydrogens (tertiary/aromatic N) is 2. The second kappa shape index (κ2) is 4.98. The largest absolute Gasteiger partial charge is 0.369 e. The van der Waals surface area contributed by atoms with Crippen molar-refractivity contribution in [2.75, 3.05) is 5.73 Å². The lowest BCUT2D eigenvalue weighted by Crippen LogP contribution is -2.03. The Labute approximate surface area is 112 Å². The molecule has 0 fully saturated rings. The highest BCUT2D eigenvalue weighted by Gasteiger charge is 2.00. The van der Waals surface area contributed by atoms with Crippen molar-refractivity contribution in [2.45, 2.75) is 6.54 Å². The minimum atomic E-state index is 0.548. The molecule has 0 spiro atoms. The van der Waals surface area contributed by atoms with Crippen molar-refractivity contribution in [2.24, 2.45) is 0 Å². The smallest absolute Gasteiger partial charge is 0.200 e. The number of benzene rings is 2. The van der Waals surface area contributed by atoms with E-state index in [1.54, 1.807) is 6.20 Å². The second-order valence-electron chi connectivity index (χ2n) is 4.48. The van der Waals surface area contributed by atoms with E-state index >= 15 is 0 Å². The van der Waals surface area contributed by atoms with Crippen molar-refractivity contribution in [3.05, 3.63) is 72.6 Å². The third-order valence-corrected chi connectivity index (χ3v) is 3.16. The molecule has 0 aliphatic carbocycles. The molecule has 0 aliphatic rings. The van der Waals surface area contributed by atoms with Crippen LogP contribution in [0.15, 0.2) is 67.0 Å². The molecule has 0 saturated heterocycles. The molecule has 1 heterocycles. The van der Waals surface area contributed by atoms with Crippen LogP contribution in [0.1, 0.15) is 5.56 Å². The molecule has 94 valence electrons. The number of nitrogen functional groups attached to an aromatic ring is 1. The number of anilines is 1. The van der Waals surface area contributed by atoms with Gasteiger partial charge < -0.3 is 10.3 Å². The highest BCUT2D eigenvalue weighted by atomic mass is 15.1. The summed E-state index contributed by atoms with van der Waals surface area (Å²) in [7, 11) is 0. The lowest BCUT2D eigenvalue weighted by atomic mass is 10.0. The molecule has 2 aromatic carbocycles. The van der Waals surface area contributed by atoms with E-state index in [2.05, 4.69) is 53.5 Å². The maximum atomic E-state index is 5.76. The van der Waals surface area contributed by atoms with Gasteiger partial charge in [-0.05, 0) is 16.7 Å². The van der Waals surface area contributed by atoms with Gasteiger partial charge in [-0.2, -0.15) is 0 Å². The molecule has 3 nitrogen and oxygen atoms in total. The summed E-state index contributed by atoms with van der Waals surface area (Å²) in [6.45, 7) is 0.751. The molecule has 1 aromatic heterocycles. The van der Waals surface area contributed by atoms with Gasteiger partial charge in [0.05, 0.1) is 6.54 Å². The first-order valence-electron chi connectivity index (χ1n) is 6.24. The minimum Gasteiger partial charge on any atom is -0.369 e. The van der Waals surface area contributed by atoms with Crippen molar-refractivity contribution in [1.82, 2.24) is 9.55 Å². The predicted octanol–water partition coefficient (Wildman–Crippen LogP) is 3.18. The van der Waals surface area contributed by atoms with E-state index in [1.807, 2.05) is 16.8 Å². The summed E-state index contributed by atoms with van der Waals surface area (Å²) >= 11 is 0. The number of rotatable bonds is 3. The van der Waals surface area contributed by atoms with Gasteiger partial charge >= 0.3 is 0 Å². The van der Waals surface area contributed by atoms with E-state index in [4.69, 9.17) is 5.73 Å². The Bertz CT molecular complexity index is 654. The van der Waals surface area contributed by atoms with Gasteiger partial charge in [0.25, 0.3) is 0 Å². The Kier molecular flexibility index (Phi) is 3.02. The number of imidazole rings is 1. The predicted molar refractivity (Wildman–Crippen MR) is 77.6 cm³/mol. The van der Waals surface area contributed by atoms with Crippen molar-refractivity contribution >= 4 is 5.95 Å². The third-order valence-electron chi connectivity index (χ3n) is 3.16. The molecule has 3 heteroatoms. The fourth-order valence-corrected chi connectivity index (χ4v) is 2.10. The molecular formula is C16H15N3. The first-order valence-corrected chi connectivity index (χ1v) is 6.24. The highest BCUT2D eigenvalue weighted by Crippen LogP contribution is 2.19. The molecule has 19 heavy (non-hydrogen) atoms. The summed E-state index contributed by atoms with van der Waals surface area (Å²) in [5.41, 5.74) is 9.43. The summed E-state index contributed by atoms with van der Waals surface area (Å²) in [4.78, 5) is 4.02. The van der Waals surface area contributed by atoms with Gasteiger partial charge in [0, 0.05) is 12.4 Å². The maximum absolute atomic E-state index is 5.76. The first-order chi connectivity index (χ1) is 9.33. The topological polar surface area (TPSA) is 43.8 Å². The average molecular weight is 249 g/mol. The second-order valence-corrected chi connectivity index (χ2v) is 4.48. The zero-order valence-electron chi connectivity index (χ0n) is 10.5. The monoisotopic (exact) mass is 249 g/mol. The van der Waals surface area contributed by atoms with Crippen LogP contribution in [0.3, 0.4) is 0 Å². The van der Waals surface area contributed by atoms with Gasteiger partial charge in [0.2, 0.25) is 0 Å². The van der Waals surface area contributed by atoms with Crippen LogP contribution in [0.25, 0.3) is 11.1 Å². The van der Waals surface area contributed by atoms with Crippen molar-refractivity contribution in [3.8, 4) is 11.1 Å². The Morgan fingerprint density at radius 1 is 0.895 bits per heavy atom. The summed E-state index contributed by atoms with van der Waals surface area (Å²) in [6, 6.07) is 18.9. The molecule has 0 saturated carbocycles. The summed E-state index contributed by atoms with van der Waals surface area (Å²) in [6.07, 6.45) is 3.61. The molecule has 3 rings (SSSR count). The number of hydrogen-bond acceptors (Lipinski definition) is 2. The van der Waals surface area contributed by atoms with Gasteiger partial charge in [-0.15, -0.1) is 0 Å². The number of hydrogen-bond donors (Lipinski definition) is 1. The van der Waals surface area contributed by atoms with Crippen LogP contribution < -0.4 is 5.73 Å². The van der Waals surface area contributed by atoms with E-state index in [9.17, 15) is 0 Å². The summed E-state index contributed by atoms with van der Waals surface area (Å²) < 4.78 is 1.93. The Morgan fingerprint density at radius 2 is 1.58 bits per heavy atom. The molecule has 0 bridgehead atoms. The number of aromatic nitrogens is 2. The van der Waals surface area contributed by atoms with Gasteiger partial charge in [-0.1, -0.05) is 54.6 Å². The van der Waals surface area contributed by atoms with Crippen molar-refractivity contribution < 1.29 is 0 Å². The van der Waals surface area contributed by atoms with E-state index in [1.165, 1.54) is 16.7 Å². The Balaban J connectivity index is 1.82. The molecule has 3 aromatic rings. The Hall–Kier alpha value is -2.55. The van der Waals surface area contributed by atoms with Crippen LogP contribution in [0, 0.1) is 0 Å². The summed E-state index contributed by atoms with van der Waals surface area (Å²) in [5.74, 6) is 0.548. The summed E-state index contributed by atoms with van der Waals surface area (Å²) in [5, 5.41) is 0. The molecule has 0 amide bonds. The third kappa shape index (κ3) is 2.50. The molecule has 0 radical (unpaired) electrons. The molecular weight excluding hydrogens is 234 g/mol. The Morgan fingerprint density at radius 3 is 2.21 bits per heavy atom. The lowest BCUT2D eigenvalue weighted by molar-refractivity contribution is 0.811.